The average Bonchev–Trinajstić information content (AvgIpc) is 2.42. The lowest BCUT2D eigenvalue weighted by Crippen LogP contribution is -2.41. The number of halogens is 2. The van der Waals surface area contributed by atoms with Gasteiger partial charge in [0, 0.05) is 26.7 Å². The van der Waals surface area contributed by atoms with Crippen LogP contribution in [0, 0.1) is 5.92 Å². The van der Waals surface area contributed by atoms with E-state index in [0.29, 0.717) is 0 Å². The van der Waals surface area contributed by atoms with Crippen LogP contribution in [0.4, 0.5) is 0 Å². The predicted molar refractivity (Wildman–Crippen MR) is 87.1 cm³/mol. The Morgan fingerprint density at radius 2 is 2.15 bits per heavy atom. The molecule has 0 aromatic carbocycles. The van der Waals surface area contributed by atoms with Crippen molar-refractivity contribution < 1.29 is 9.53 Å². The van der Waals surface area contributed by atoms with E-state index in [4.69, 9.17) is 4.74 Å². The first-order chi connectivity index (χ1) is 8.74. The van der Waals surface area contributed by atoms with Crippen molar-refractivity contribution in [1.29, 1.82) is 0 Å². The number of likely N-dealkylation sites (N-methyl/N-ethyl adjacent to an activating group) is 1. The zero-order chi connectivity index (χ0) is 13.2. The lowest BCUT2D eigenvalue weighted by atomic mass is 9.99. The number of hydrogen-bond acceptors (Lipinski definition) is 4. The first-order valence-corrected chi connectivity index (χ1v) is 6.90. The molecule has 1 aliphatic heterocycles. The van der Waals surface area contributed by atoms with Crippen LogP contribution in [0.1, 0.15) is 19.3 Å². The van der Waals surface area contributed by atoms with Crippen LogP contribution < -0.4 is 10.6 Å². The lowest BCUT2D eigenvalue weighted by molar-refractivity contribution is -0.125. The van der Waals surface area contributed by atoms with E-state index in [2.05, 4.69) is 22.6 Å². The van der Waals surface area contributed by atoms with Gasteiger partial charge in [-0.1, -0.05) is 0 Å². The lowest BCUT2D eigenvalue weighted by Gasteiger charge is -2.22. The summed E-state index contributed by atoms with van der Waals surface area (Å²) in [7, 11) is 3.79. The summed E-state index contributed by atoms with van der Waals surface area (Å²) in [6, 6.07) is 0. The smallest absolute Gasteiger partial charge is 0.224 e. The molecule has 0 bridgehead atoms. The number of methoxy groups -OCH3 is 1. The molecule has 0 aromatic heterocycles. The third-order valence-corrected chi connectivity index (χ3v) is 3.36. The summed E-state index contributed by atoms with van der Waals surface area (Å²) in [5.41, 5.74) is 0. The molecule has 1 saturated heterocycles. The molecule has 0 spiro atoms. The molecule has 20 heavy (non-hydrogen) atoms. The highest BCUT2D eigenvalue weighted by atomic mass is 35.5. The Balaban J connectivity index is 0. The molecular weight excluding hydrogens is 301 g/mol. The highest BCUT2D eigenvalue weighted by Gasteiger charge is 2.19. The molecule has 122 valence electrons. The predicted octanol–water partition coefficient (Wildman–Crippen LogP) is 0.914. The molecule has 2 N–H and O–H groups in total. The second kappa shape index (κ2) is 13.9. The molecule has 1 aliphatic rings. The molecule has 0 saturated carbocycles. The Morgan fingerprint density at radius 1 is 1.40 bits per heavy atom. The molecule has 1 atom stereocenters. The summed E-state index contributed by atoms with van der Waals surface area (Å²) in [6.07, 6.45) is 3.12. The minimum Gasteiger partial charge on any atom is -0.383 e. The Morgan fingerprint density at radius 3 is 2.75 bits per heavy atom. The summed E-state index contributed by atoms with van der Waals surface area (Å²) >= 11 is 0. The van der Waals surface area contributed by atoms with Gasteiger partial charge < -0.3 is 20.3 Å². The molecule has 0 radical (unpaired) electrons. The van der Waals surface area contributed by atoms with Gasteiger partial charge in [0.2, 0.25) is 5.91 Å². The van der Waals surface area contributed by atoms with Gasteiger partial charge in [0.15, 0.2) is 0 Å². The number of piperidine rings is 1. The second-order valence-corrected chi connectivity index (χ2v) is 4.98. The van der Waals surface area contributed by atoms with Crippen LogP contribution in [0.5, 0.6) is 0 Å². The van der Waals surface area contributed by atoms with E-state index >= 15 is 0 Å². The maximum atomic E-state index is 11.8. The highest BCUT2D eigenvalue weighted by Crippen LogP contribution is 2.09. The quantitative estimate of drug-likeness (QED) is 0.650. The minimum atomic E-state index is 0. The fraction of sp³-hybridized carbons (Fsp3) is 0.923. The number of carbonyl (C=O) groups excluding carboxylic acids is 1. The van der Waals surface area contributed by atoms with Crippen molar-refractivity contribution in [3.8, 4) is 0 Å². The van der Waals surface area contributed by atoms with Crippen molar-refractivity contribution >= 4 is 30.7 Å². The Labute approximate surface area is 135 Å². The summed E-state index contributed by atoms with van der Waals surface area (Å²) in [5.74, 6) is 0.381. The number of amides is 1. The first-order valence-electron chi connectivity index (χ1n) is 6.90. The fourth-order valence-corrected chi connectivity index (χ4v) is 2.14. The minimum absolute atomic E-state index is 0. The zero-order valence-electron chi connectivity index (χ0n) is 12.5. The third-order valence-electron chi connectivity index (χ3n) is 3.36. The highest BCUT2D eigenvalue weighted by molar-refractivity contribution is 5.85. The molecule has 0 aliphatic carbocycles. The third kappa shape index (κ3) is 9.77. The molecule has 1 amide bonds. The monoisotopic (exact) mass is 329 g/mol. The van der Waals surface area contributed by atoms with Crippen molar-refractivity contribution in [3.05, 3.63) is 0 Å². The van der Waals surface area contributed by atoms with Gasteiger partial charge in [0.1, 0.15) is 0 Å². The van der Waals surface area contributed by atoms with Crippen LogP contribution in [0.15, 0.2) is 0 Å². The van der Waals surface area contributed by atoms with Gasteiger partial charge in [-0.2, -0.15) is 0 Å². The SMILES string of the molecule is COCCN(C)CCCNC(=O)C1CCCNC1.Cl.Cl. The van der Waals surface area contributed by atoms with Crippen LogP contribution in [0.2, 0.25) is 0 Å². The van der Waals surface area contributed by atoms with E-state index in [1.165, 1.54) is 0 Å². The van der Waals surface area contributed by atoms with E-state index in [-0.39, 0.29) is 36.6 Å². The molecular formula is C13H29Cl2N3O2. The molecule has 1 unspecified atom stereocenters. The first kappa shape index (κ1) is 22.2. The molecule has 1 fully saturated rings. The zero-order valence-corrected chi connectivity index (χ0v) is 14.2. The number of nitrogens with zero attached hydrogens (tertiary/aromatic N) is 1. The van der Waals surface area contributed by atoms with Crippen molar-refractivity contribution in [1.82, 2.24) is 15.5 Å². The van der Waals surface area contributed by atoms with Crippen LogP contribution in [-0.4, -0.2) is 64.3 Å². The summed E-state index contributed by atoms with van der Waals surface area (Å²) < 4.78 is 5.02. The fourth-order valence-electron chi connectivity index (χ4n) is 2.14. The standard InChI is InChI=1S/C13H27N3O2.2ClH/c1-16(9-10-18-2)8-4-7-15-13(17)12-5-3-6-14-11-12;;/h12,14H,3-11H2,1-2H3,(H,15,17);2*1H. The molecule has 1 rings (SSSR count). The van der Waals surface area contributed by atoms with Crippen molar-refractivity contribution in [2.24, 2.45) is 5.92 Å². The van der Waals surface area contributed by atoms with Crippen LogP contribution >= 0.6 is 24.8 Å². The molecule has 0 aromatic rings. The van der Waals surface area contributed by atoms with Crippen LogP contribution in [0.3, 0.4) is 0 Å². The number of nitrogens with one attached hydrogen (secondary N) is 2. The maximum Gasteiger partial charge on any atom is 0.224 e. The summed E-state index contributed by atoms with van der Waals surface area (Å²) in [6.45, 7) is 5.35. The molecule has 5 nitrogen and oxygen atoms in total. The van der Waals surface area contributed by atoms with Gasteiger partial charge in [-0.3, -0.25) is 4.79 Å². The van der Waals surface area contributed by atoms with Crippen LogP contribution in [0.25, 0.3) is 0 Å². The van der Waals surface area contributed by atoms with Crippen molar-refractivity contribution in [2.75, 3.05) is 53.5 Å². The van der Waals surface area contributed by atoms with E-state index in [1.807, 2.05) is 0 Å². The Kier molecular flexibility index (Phi) is 15.4. The van der Waals surface area contributed by atoms with Gasteiger partial charge >= 0.3 is 0 Å². The summed E-state index contributed by atoms with van der Waals surface area (Å²) in [4.78, 5) is 14.1. The van der Waals surface area contributed by atoms with E-state index in [0.717, 1.165) is 58.6 Å². The number of hydrogen-bond donors (Lipinski definition) is 2. The van der Waals surface area contributed by atoms with Gasteiger partial charge in [-0.05, 0) is 39.4 Å². The van der Waals surface area contributed by atoms with Crippen LogP contribution in [-0.2, 0) is 9.53 Å². The number of ether oxygens (including phenoxy) is 1. The van der Waals surface area contributed by atoms with E-state index in [9.17, 15) is 4.79 Å². The van der Waals surface area contributed by atoms with Crippen molar-refractivity contribution in [3.63, 3.8) is 0 Å². The van der Waals surface area contributed by atoms with Gasteiger partial charge in [0.25, 0.3) is 0 Å². The molecule has 7 heteroatoms. The maximum absolute atomic E-state index is 11.8. The Bertz CT molecular complexity index is 240. The van der Waals surface area contributed by atoms with Gasteiger partial charge in [-0.25, -0.2) is 0 Å². The van der Waals surface area contributed by atoms with Gasteiger partial charge in [0.05, 0.1) is 12.5 Å². The largest absolute Gasteiger partial charge is 0.383 e. The summed E-state index contributed by atoms with van der Waals surface area (Å²) in [5, 5.41) is 6.29. The topological polar surface area (TPSA) is 53.6 Å². The van der Waals surface area contributed by atoms with Gasteiger partial charge in [-0.15, -0.1) is 24.8 Å². The van der Waals surface area contributed by atoms with E-state index in [1.54, 1.807) is 7.11 Å². The van der Waals surface area contributed by atoms with E-state index < -0.39 is 0 Å². The average molecular weight is 330 g/mol. The van der Waals surface area contributed by atoms with Crippen molar-refractivity contribution in [2.45, 2.75) is 19.3 Å². The number of carbonyl (C=O) groups is 1. The number of rotatable bonds is 8. The molecule has 1 heterocycles. The second-order valence-electron chi connectivity index (χ2n) is 4.98. The Hall–Kier alpha value is -0.0700. The normalized spacial score (nSPS) is 18.1.